The van der Waals surface area contributed by atoms with Gasteiger partial charge < -0.3 is 10.4 Å². The van der Waals surface area contributed by atoms with E-state index in [0.717, 1.165) is 17.7 Å². The highest BCUT2D eigenvalue weighted by Gasteiger charge is 2.29. The second kappa shape index (κ2) is 7.75. The first-order chi connectivity index (χ1) is 12.1. The molecule has 0 aliphatic carbocycles. The Bertz CT molecular complexity index is 919. The summed E-state index contributed by atoms with van der Waals surface area (Å²) in [4.78, 5) is 9.42. The zero-order chi connectivity index (χ0) is 19.5. The Labute approximate surface area is 148 Å². The fraction of sp³-hybridized carbons (Fsp3) is 0.250. The minimum atomic E-state index is -4.94. The third kappa shape index (κ3) is 4.33. The number of nitro benzene ring substituents is 1. The zero-order valence-corrected chi connectivity index (χ0v) is 14.4. The molecule has 2 aromatic carbocycles. The van der Waals surface area contributed by atoms with Crippen LogP contribution in [-0.2, 0) is 9.84 Å². The molecule has 0 saturated heterocycles. The molecule has 0 heterocycles. The van der Waals surface area contributed by atoms with Crippen LogP contribution in [-0.4, -0.2) is 30.7 Å². The molecule has 0 amide bonds. The van der Waals surface area contributed by atoms with E-state index in [1.54, 1.807) is 18.2 Å². The Morgan fingerprint density at radius 2 is 1.92 bits per heavy atom. The fourth-order valence-electron chi connectivity index (χ4n) is 2.29. The van der Waals surface area contributed by atoms with Gasteiger partial charge in [-0.15, -0.1) is 0 Å². The first kappa shape index (κ1) is 19.7. The maximum Gasteiger partial charge on any atom is 0.341 e. The first-order valence-electron chi connectivity index (χ1n) is 7.42. The van der Waals surface area contributed by atoms with Crippen LogP contribution in [0, 0.1) is 17.0 Å². The summed E-state index contributed by atoms with van der Waals surface area (Å²) in [5.74, 6) is -3.68. The molecule has 7 nitrogen and oxygen atoms in total. The molecular weight excluding hydrogens is 370 g/mol. The van der Waals surface area contributed by atoms with Gasteiger partial charge in [-0.05, 0) is 24.6 Å². The Hall–Kier alpha value is -2.59. The number of aliphatic hydroxyl groups excluding tert-OH is 1. The van der Waals surface area contributed by atoms with Crippen molar-refractivity contribution in [1.82, 2.24) is 0 Å². The molecule has 0 spiro atoms. The lowest BCUT2D eigenvalue weighted by atomic mass is 10.1. The average Bonchev–Trinajstić information content (AvgIpc) is 2.59. The molecule has 0 aliphatic heterocycles. The summed E-state index contributed by atoms with van der Waals surface area (Å²) in [6, 6.07) is 9.48. The van der Waals surface area contributed by atoms with Gasteiger partial charge in [0.1, 0.15) is 5.69 Å². The van der Waals surface area contributed by atoms with Gasteiger partial charge in [-0.25, -0.2) is 8.42 Å². The van der Waals surface area contributed by atoms with Crippen LogP contribution >= 0.6 is 0 Å². The molecule has 0 aliphatic rings. The highest BCUT2D eigenvalue weighted by molar-refractivity contribution is 7.91. The molecule has 0 aromatic heterocycles. The molecule has 2 rings (SSSR count). The summed E-state index contributed by atoms with van der Waals surface area (Å²) in [6.45, 7) is 1.75. The number of benzene rings is 2. The van der Waals surface area contributed by atoms with Crippen LogP contribution in [0.1, 0.15) is 17.2 Å². The topological polar surface area (TPSA) is 110 Å². The number of anilines is 1. The third-order valence-corrected chi connectivity index (χ3v) is 5.02. The van der Waals surface area contributed by atoms with Crippen molar-refractivity contribution >= 4 is 21.2 Å². The normalized spacial score (nSPS) is 12.8. The number of aryl methyl sites for hydroxylation is 1. The Kier molecular flexibility index (Phi) is 5.88. The van der Waals surface area contributed by atoms with E-state index in [4.69, 9.17) is 0 Å². The molecule has 1 unspecified atom stereocenters. The van der Waals surface area contributed by atoms with Gasteiger partial charge in [0, 0.05) is 12.6 Å². The van der Waals surface area contributed by atoms with Gasteiger partial charge in [0.2, 0.25) is 9.84 Å². The SMILES string of the molecule is Cc1cccc(C(O)CNc2ccc(S(=O)(=O)C(F)F)cc2[N+](=O)[O-])c1. The minimum absolute atomic E-state index is 0.0880. The Morgan fingerprint density at radius 3 is 2.50 bits per heavy atom. The van der Waals surface area contributed by atoms with Crippen molar-refractivity contribution in [2.45, 2.75) is 23.7 Å². The molecule has 0 bridgehead atoms. The number of hydrogen-bond donors (Lipinski definition) is 2. The van der Waals surface area contributed by atoms with Crippen molar-refractivity contribution < 1.29 is 27.2 Å². The monoisotopic (exact) mass is 386 g/mol. The van der Waals surface area contributed by atoms with Crippen molar-refractivity contribution in [3.05, 3.63) is 63.7 Å². The van der Waals surface area contributed by atoms with Crippen LogP contribution in [0.3, 0.4) is 0 Å². The Morgan fingerprint density at radius 1 is 1.23 bits per heavy atom. The van der Waals surface area contributed by atoms with Gasteiger partial charge in [0.05, 0.1) is 15.9 Å². The molecule has 2 N–H and O–H groups in total. The number of hydrogen-bond acceptors (Lipinski definition) is 6. The molecule has 26 heavy (non-hydrogen) atoms. The molecule has 140 valence electrons. The van der Waals surface area contributed by atoms with Gasteiger partial charge in [0.25, 0.3) is 5.69 Å². The van der Waals surface area contributed by atoms with Gasteiger partial charge in [0.15, 0.2) is 0 Å². The van der Waals surface area contributed by atoms with Crippen LogP contribution in [0.25, 0.3) is 0 Å². The summed E-state index contributed by atoms with van der Waals surface area (Å²) in [5, 5.41) is 24.0. The molecule has 2 aromatic rings. The number of nitrogens with zero attached hydrogens (tertiary/aromatic N) is 1. The second-order valence-corrected chi connectivity index (χ2v) is 7.47. The van der Waals surface area contributed by atoms with E-state index in [1.807, 2.05) is 13.0 Å². The molecule has 0 fully saturated rings. The number of nitro groups is 1. The Balaban J connectivity index is 2.25. The summed E-state index contributed by atoms with van der Waals surface area (Å²) in [7, 11) is -4.94. The lowest BCUT2D eigenvalue weighted by Crippen LogP contribution is -2.15. The number of sulfone groups is 1. The highest BCUT2D eigenvalue weighted by Crippen LogP contribution is 2.30. The molecule has 10 heteroatoms. The van der Waals surface area contributed by atoms with Crippen LogP contribution in [0.5, 0.6) is 0 Å². The smallest absolute Gasteiger partial charge is 0.341 e. The van der Waals surface area contributed by atoms with Crippen molar-refractivity contribution in [3.8, 4) is 0 Å². The largest absolute Gasteiger partial charge is 0.387 e. The lowest BCUT2D eigenvalue weighted by molar-refractivity contribution is -0.384. The van der Waals surface area contributed by atoms with Gasteiger partial charge in [-0.1, -0.05) is 29.8 Å². The van der Waals surface area contributed by atoms with Gasteiger partial charge >= 0.3 is 5.76 Å². The second-order valence-electron chi connectivity index (χ2n) is 5.55. The number of nitrogens with one attached hydrogen (secondary N) is 1. The van der Waals surface area contributed by atoms with E-state index >= 15 is 0 Å². The number of rotatable bonds is 7. The number of halogens is 2. The third-order valence-electron chi connectivity index (χ3n) is 3.64. The summed E-state index contributed by atoms with van der Waals surface area (Å²) in [6.07, 6.45) is -0.973. The lowest BCUT2D eigenvalue weighted by Gasteiger charge is -2.14. The van der Waals surface area contributed by atoms with Gasteiger partial charge in [-0.3, -0.25) is 10.1 Å². The molecule has 0 saturated carbocycles. The van der Waals surface area contributed by atoms with Crippen LogP contribution < -0.4 is 5.32 Å². The van der Waals surface area contributed by atoms with E-state index < -0.39 is 37.2 Å². The predicted octanol–water partition coefficient (Wildman–Crippen LogP) is 3.05. The predicted molar refractivity (Wildman–Crippen MR) is 90.9 cm³/mol. The highest BCUT2D eigenvalue weighted by atomic mass is 32.2. The maximum absolute atomic E-state index is 12.6. The fourth-order valence-corrected chi connectivity index (χ4v) is 3.03. The van der Waals surface area contributed by atoms with Gasteiger partial charge in [-0.2, -0.15) is 8.78 Å². The van der Waals surface area contributed by atoms with E-state index in [-0.39, 0.29) is 12.2 Å². The van der Waals surface area contributed by atoms with Crippen molar-refractivity contribution in [2.75, 3.05) is 11.9 Å². The zero-order valence-electron chi connectivity index (χ0n) is 13.6. The molecule has 0 radical (unpaired) electrons. The van der Waals surface area contributed by atoms with Crippen LogP contribution in [0.4, 0.5) is 20.2 Å². The number of aliphatic hydroxyl groups is 1. The van der Waals surface area contributed by atoms with Crippen LogP contribution in [0.2, 0.25) is 0 Å². The molecular formula is C16H16F2N2O5S. The summed E-state index contributed by atoms with van der Waals surface area (Å²) >= 11 is 0. The number of alkyl halides is 2. The van der Waals surface area contributed by atoms with Crippen molar-refractivity contribution in [2.24, 2.45) is 0 Å². The first-order valence-corrected chi connectivity index (χ1v) is 8.96. The van der Waals surface area contributed by atoms with E-state index in [2.05, 4.69) is 5.32 Å². The average molecular weight is 386 g/mol. The molecule has 1 atom stereocenters. The van der Waals surface area contributed by atoms with E-state index in [1.165, 1.54) is 0 Å². The standard InChI is InChI=1S/C16H16F2N2O5S/c1-10-3-2-4-11(7-10)15(21)9-19-13-6-5-12(8-14(13)20(22)23)26(24,25)16(17)18/h2-8,15-16,19,21H,9H2,1H3. The summed E-state index contributed by atoms with van der Waals surface area (Å²) in [5.41, 5.74) is 0.754. The minimum Gasteiger partial charge on any atom is -0.387 e. The van der Waals surface area contributed by atoms with Crippen molar-refractivity contribution in [1.29, 1.82) is 0 Å². The summed E-state index contributed by atoms with van der Waals surface area (Å²) < 4.78 is 48.1. The quantitative estimate of drug-likeness (QED) is 0.559. The van der Waals surface area contributed by atoms with E-state index in [9.17, 15) is 32.4 Å². The van der Waals surface area contributed by atoms with E-state index in [0.29, 0.717) is 11.6 Å². The van der Waals surface area contributed by atoms with Crippen LogP contribution in [0.15, 0.2) is 47.4 Å². The maximum atomic E-state index is 12.6. The van der Waals surface area contributed by atoms with Crippen molar-refractivity contribution in [3.63, 3.8) is 0 Å².